The molecule has 1 saturated heterocycles. The molecule has 1 aliphatic rings. The second-order valence-electron chi connectivity index (χ2n) is 5.18. The van der Waals surface area contributed by atoms with Crippen molar-refractivity contribution < 1.29 is 0 Å². The summed E-state index contributed by atoms with van der Waals surface area (Å²) in [5.74, 6) is 1.16. The Morgan fingerprint density at radius 3 is 3.05 bits per heavy atom. The van der Waals surface area contributed by atoms with Gasteiger partial charge in [0.1, 0.15) is 5.82 Å². The van der Waals surface area contributed by atoms with E-state index in [4.69, 9.17) is 0 Å². The van der Waals surface area contributed by atoms with Gasteiger partial charge in [-0.05, 0) is 31.0 Å². The Balaban J connectivity index is 1.66. The Bertz CT molecular complexity index is 520. The van der Waals surface area contributed by atoms with E-state index in [9.17, 15) is 0 Å². The molecule has 100 valence electrons. The van der Waals surface area contributed by atoms with Crippen LogP contribution in [0.4, 0.5) is 0 Å². The zero-order valence-electron chi connectivity index (χ0n) is 11.4. The number of nitrogens with zero attached hydrogens (tertiary/aromatic N) is 4. The maximum absolute atomic E-state index is 4.40. The largest absolute Gasteiger partial charge is 0.338 e. The second kappa shape index (κ2) is 5.53. The zero-order valence-corrected chi connectivity index (χ0v) is 11.4. The number of aromatic nitrogens is 3. The lowest BCUT2D eigenvalue weighted by Crippen LogP contribution is -2.26. The number of aryl methyl sites for hydroxylation is 1. The number of hydrogen-bond donors (Lipinski definition) is 0. The fraction of sp³-hybridized carbons (Fsp3) is 0.467. The molecule has 19 heavy (non-hydrogen) atoms. The van der Waals surface area contributed by atoms with E-state index in [0.29, 0.717) is 6.04 Å². The second-order valence-corrected chi connectivity index (χ2v) is 5.18. The molecule has 0 aromatic carbocycles. The molecular formula is C15H20N4. The van der Waals surface area contributed by atoms with Crippen molar-refractivity contribution in [3.63, 3.8) is 0 Å². The van der Waals surface area contributed by atoms with Gasteiger partial charge in [0.2, 0.25) is 0 Å². The molecule has 3 rings (SSSR count). The lowest BCUT2D eigenvalue weighted by Gasteiger charge is -2.24. The molecule has 1 atom stereocenters. The summed E-state index contributed by atoms with van der Waals surface area (Å²) in [6.45, 7) is 2.26. The fourth-order valence-electron chi connectivity index (χ4n) is 2.93. The first-order chi connectivity index (χ1) is 9.34. The third kappa shape index (κ3) is 2.68. The van der Waals surface area contributed by atoms with Crippen molar-refractivity contribution in [1.82, 2.24) is 19.4 Å². The highest BCUT2D eigenvalue weighted by molar-refractivity contribution is 5.15. The highest BCUT2D eigenvalue weighted by Crippen LogP contribution is 2.31. The lowest BCUT2D eigenvalue weighted by atomic mass is 10.1. The maximum atomic E-state index is 4.40. The van der Waals surface area contributed by atoms with Gasteiger partial charge in [-0.25, -0.2) is 4.98 Å². The van der Waals surface area contributed by atoms with Crippen molar-refractivity contribution >= 4 is 0 Å². The number of imidazole rings is 1. The third-order valence-electron chi connectivity index (χ3n) is 3.98. The molecule has 0 spiro atoms. The Labute approximate surface area is 114 Å². The average Bonchev–Trinajstić information content (AvgIpc) is 3.06. The van der Waals surface area contributed by atoms with Gasteiger partial charge >= 0.3 is 0 Å². The van der Waals surface area contributed by atoms with Crippen molar-refractivity contribution in [2.45, 2.75) is 25.3 Å². The molecule has 1 aliphatic heterocycles. The van der Waals surface area contributed by atoms with Gasteiger partial charge in [-0.1, -0.05) is 6.07 Å². The fourth-order valence-corrected chi connectivity index (χ4v) is 2.93. The van der Waals surface area contributed by atoms with E-state index >= 15 is 0 Å². The van der Waals surface area contributed by atoms with E-state index in [1.54, 1.807) is 0 Å². The van der Waals surface area contributed by atoms with Gasteiger partial charge in [0.15, 0.2) is 0 Å². The van der Waals surface area contributed by atoms with E-state index in [-0.39, 0.29) is 0 Å². The van der Waals surface area contributed by atoms with E-state index in [1.807, 2.05) is 30.9 Å². The van der Waals surface area contributed by atoms with Crippen LogP contribution >= 0.6 is 0 Å². The summed E-state index contributed by atoms with van der Waals surface area (Å²) in [7, 11) is 2.06. The van der Waals surface area contributed by atoms with Crippen LogP contribution in [0, 0.1) is 0 Å². The van der Waals surface area contributed by atoms with E-state index in [2.05, 4.69) is 32.5 Å². The van der Waals surface area contributed by atoms with Crippen LogP contribution in [-0.4, -0.2) is 32.5 Å². The standard InChI is InChI=1S/C15H20N4/c1-18-11-8-17-15(18)6-10-19-9-3-5-14(19)13-4-2-7-16-12-13/h2,4,7-8,11-12,14H,3,5-6,9-10H2,1H3. The van der Waals surface area contributed by atoms with Crippen molar-refractivity contribution in [3.8, 4) is 0 Å². The quantitative estimate of drug-likeness (QED) is 0.841. The van der Waals surface area contributed by atoms with Crippen LogP contribution in [0.2, 0.25) is 0 Å². The Kier molecular flexibility index (Phi) is 3.60. The molecule has 4 heteroatoms. The predicted molar refractivity (Wildman–Crippen MR) is 74.7 cm³/mol. The Hall–Kier alpha value is -1.68. The van der Waals surface area contributed by atoms with Crippen LogP contribution in [0.15, 0.2) is 36.9 Å². The molecule has 1 unspecified atom stereocenters. The van der Waals surface area contributed by atoms with Crippen LogP contribution in [0.1, 0.15) is 30.3 Å². The van der Waals surface area contributed by atoms with Crippen molar-refractivity contribution in [2.24, 2.45) is 7.05 Å². The minimum atomic E-state index is 0.536. The maximum Gasteiger partial charge on any atom is 0.109 e. The highest BCUT2D eigenvalue weighted by atomic mass is 15.2. The third-order valence-corrected chi connectivity index (χ3v) is 3.98. The van der Waals surface area contributed by atoms with Crippen LogP contribution in [0.25, 0.3) is 0 Å². The summed E-state index contributed by atoms with van der Waals surface area (Å²) in [5, 5.41) is 0. The normalized spacial score (nSPS) is 19.9. The molecular weight excluding hydrogens is 236 g/mol. The van der Waals surface area contributed by atoms with Crippen LogP contribution in [0.5, 0.6) is 0 Å². The van der Waals surface area contributed by atoms with Crippen LogP contribution < -0.4 is 0 Å². The summed E-state index contributed by atoms with van der Waals surface area (Å²) < 4.78 is 2.11. The molecule has 0 radical (unpaired) electrons. The lowest BCUT2D eigenvalue weighted by molar-refractivity contribution is 0.258. The summed E-state index contributed by atoms with van der Waals surface area (Å²) in [4.78, 5) is 11.2. The SMILES string of the molecule is Cn1ccnc1CCN1CCCC1c1cccnc1. The van der Waals surface area contributed by atoms with Gasteiger partial charge in [-0.15, -0.1) is 0 Å². The minimum Gasteiger partial charge on any atom is -0.338 e. The Morgan fingerprint density at radius 2 is 2.32 bits per heavy atom. The van der Waals surface area contributed by atoms with E-state index in [0.717, 1.165) is 18.8 Å². The van der Waals surface area contributed by atoms with Gasteiger partial charge < -0.3 is 4.57 Å². The molecule has 0 aliphatic carbocycles. The number of likely N-dealkylation sites (tertiary alicyclic amines) is 1. The monoisotopic (exact) mass is 256 g/mol. The van der Waals surface area contributed by atoms with Crippen LogP contribution in [-0.2, 0) is 13.5 Å². The van der Waals surface area contributed by atoms with E-state index in [1.165, 1.54) is 24.9 Å². The van der Waals surface area contributed by atoms with Gasteiger partial charge in [0, 0.05) is 50.8 Å². The molecule has 0 N–H and O–H groups in total. The zero-order chi connectivity index (χ0) is 13.1. The van der Waals surface area contributed by atoms with Gasteiger partial charge in [0.05, 0.1) is 0 Å². The topological polar surface area (TPSA) is 34.0 Å². The van der Waals surface area contributed by atoms with Crippen molar-refractivity contribution in [3.05, 3.63) is 48.3 Å². The summed E-state index contributed by atoms with van der Waals surface area (Å²) in [5.41, 5.74) is 1.35. The van der Waals surface area contributed by atoms with E-state index < -0.39 is 0 Å². The molecule has 3 heterocycles. The molecule has 0 amide bonds. The molecule has 4 nitrogen and oxygen atoms in total. The predicted octanol–water partition coefficient (Wildman–Crippen LogP) is 2.19. The van der Waals surface area contributed by atoms with Crippen LogP contribution in [0.3, 0.4) is 0 Å². The van der Waals surface area contributed by atoms with Gasteiger partial charge in [-0.3, -0.25) is 9.88 Å². The molecule has 0 bridgehead atoms. The number of pyridine rings is 1. The smallest absolute Gasteiger partial charge is 0.109 e. The average molecular weight is 256 g/mol. The van der Waals surface area contributed by atoms with Crippen molar-refractivity contribution in [1.29, 1.82) is 0 Å². The Morgan fingerprint density at radius 1 is 1.37 bits per heavy atom. The highest BCUT2D eigenvalue weighted by Gasteiger charge is 2.25. The molecule has 0 saturated carbocycles. The molecule has 2 aromatic heterocycles. The van der Waals surface area contributed by atoms with Gasteiger partial charge in [-0.2, -0.15) is 0 Å². The van der Waals surface area contributed by atoms with Crippen molar-refractivity contribution in [2.75, 3.05) is 13.1 Å². The first-order valence-corrected chi connectivity index (χ1v) is 6.95. The number of rotatable bonds is 4. The molecule has 1 fully saturated rings. The summed E-state index contributed by atoms with van der Waals surface area (Å²) in [6.07, 6.45) is 11.3. The first-order valence-electron chi connectivity index (χ1n) is 6.95. The van der Waals surface area contributed by atoms with Gasteiger partial charge in [0.25, 0.3) is 0 Å². The summed E-state index contributed by atoms with van der Waals surface area (Å²) >= 11 is 0. The molecule has 2 aromatic rings. The summed E-state index contributed by atoms with van der Waals surface area (Å²) in [6, 6.07) is 4.76. The first kappa shape index (κ1) is 12.4. The minimum absolute atomic E-state index is 0.536. The number of hydrogen-bond acceptors (Lipinski definition) is 3.